The van der Waals surface area contributed by atoms with Crippen LogP contribution in [-0.2, 0) is 6.54 Å². The van der Waals surface area contributed by atoms with Crippen LogP contribution in [0.3, 0.4) is 0 Å². The van der Waals surface area contributed by atoms with Crippen LogP contribution in [0.25, 0.3) is 16.7 Å². The monoisotopic (exact) mass is 444 g/mol. The van der Waals surface area contributed by atoms with E-state index in [1.807, 2.05) is 25.1 Å². The van der Waals surface area contributed by atoms with Gasteiger partial charge in [0.1, 0.15) is 16.8 Å². The smallest absolute Gasteiger partial charge is 0.267 e. The van der Waals surface area contributed by atoms with Crippen LogP contribution < -0.4 is 16.4 Å². The number of aryl methyl sites for hydroxylation is 1. The van der Waals surface area contributed by atoms with Crippen LogP contribution in [0.2, 0.25) is 0 Å². The highest BCUT2D eigenvalue weighted by atomic mass is 16.1. The van der Waals surface area contributed by atoms with Gasteiger partial charge in [-0.05, 0) is 42.7 Å². The zero-order valence-corrected chi connectivity index (χ0v) is 19.0. The molecular formula is C25H28N6O2. The van der Waals surface area contributed by atoms with E-state index in [2.05, 4.69) is 17.2 Å². The molecule has 0 saturated carbocycles. The lowest BCUT2D eigenvalue weighted by atomic mass is 10.1. The van der Waals surface area contributed by atoms with Crippen LogP contribution in [0.5, 0.6) is 0 Å². The molecule has 8 nitrogen and oxygen atoms in total. The second-order valence-electron chi connectivity index (χ2n) is 8.21. The molecule has 4 aromatic rings. The first-order valence-electron chi connectivity index (χ1n) is 11.3. The van der Waals surface area contributed by atoms with Crippen molar-refractivity contribution >= 4 is 22.6 Å². The summed E-state index contributed by atoms with van der Waals surface area (Å²) in [5.41, 5.74) is 2.52. The number of hydrogen-bond donors (Lipinski definition) is 2. The van der Waals surface area contributed by atoms with Crippen molar-refractivity contribution in [1.29, 1.82) is 5.41 Å². The molecule has 4 aromatic heterocycles. The maximum Gasteiger partial charge on any atom is 0.267 e. The first-order valence-corrected chi connectivity index (χ1v) is 11.3. The summed E-state index contributed by atoms with van der Waals surface area (Å²) < 4.78 is 3.11. The van der Waals surface area contributed by atoms with Gasteiger partial charge in [-0.1, -0.05) is 38.3 Å². The predicted octanol–water partition coefficient (Wildman–Crippen LogP) is 3.19. The molecule has 0 saturated heterocycles. The summed E-state index contributed by atoms with van der Waals surface area (Å²) in [5, 5.41) is 12.0. The lowest BCUT2D eigenvalue weighted by Gasteiger charge is -2.15. The quantitative estimate of drug-likeness (QED) is 0.322. The van der Waals surface area contributed by atoms with Gasteiger partial charge in [0.25, 0.3) is 11.5 Å². The van der Waals surface area contributed by atoms with Gasteiger partial charge in [-0.15, -0.1) is 0 Å². The Labute approximate surface area is 191 Å². The molecule has 0 aromatic carbocycles. The third-order valence-electron chi connectivity index (χ3n) is 5.76. The van der Waals surface area contributed by atoms with E-state index in [0.29, 0.717) is 23.2 Å². The summed E-state index contributed by atoms with van der Waals surface area (Å²) in [7, 11) is 0. The molecule has 33 heavy (non-hydrogen) atoms. The van der Waals surface area contributed by atoms with Crippen molar-refractivity contribution in [3.8, 4) is 0 Å². The molecule has 8 heteroatoms. The molecule has 4 rings (SSSR count). The zero-order valence-electron chi connectivity index (χ0n) is 19.0. The third-order valence-corrected chi connectivity index (χ3v) is 5.76. The number of hydrogen-bond acceptors (Lipinski definition) is 5. The van der Waals surface area contributed by atoms with E-state index in [-0.39, 0.29) is 29.1 Å². The van der Waals surface area contributed by atoms with Gasteiger partial charge in [-0.2, -0.15) is 0 Å². The van der Waals surface area contributed by atoms with E-state index in [1.165, 1.54) is 10.5 Å². The summed E-state index contributed by atoms with van der Waals surface area (Å²) in [4.78, 5) is 35.3. The van der Waals surface area contributed by atoms with Gasteiger partial charge in [-0.3, -0.25) is 24.4 Å². The van der Waals surface area contributed by atoms with Crippen LogP contribution in [0, 0.1) is 12.3 Å². The van der Waals surface area contributed by atoms with Crippen molar-refractivity contribution in [3.63, 3.8) is 0 Å². The van der Waals surface area contributed by atoms with Crippen molar-refractivity contribution in [3.05, 3.63) is 81.5 Å². The van der Waals surface area contributed by atoms with Crippen LogP contribution >= 0.6 is 0 Å². The van der Waals surface area contributed by atoms with Crippen LogP contribution in [0.4, 0.5) is 0 Å². The summed E-state index contributed by atoms with van der Waals surface area (Å²) in [6, 6.07) is 8.90. The van der Waals surface area contributed by atoms with E-state index < -0.39 is 0 Å². The molecule has 4 heterocycles. The summed E-state index contributed by atoms with van der Waals surface area (Å²) in [5.74, 6) is -0.355. The number of rotatable bonds is 8. The second-order valence-corrected chi connectivity index (χ2v) is 8.21. The fraction of sp³-hybridized carbons (Fsp3) is 0.320. The summed E-state index contributed by atoms with van der Waals surface area (Å²) in [6.45, 7) is 4.84. The largest absolute Gasteiger partial charge is 0.352 e. The lowest BCUT2D eigenvalue weighted by molar-refractivity contribution is 0.0950. The summed E-state index contributed by atoms with van der Waals surface area (Å²) >= 11 is 0. The number of carbonyl (C=O) groups excluding carboxylic acids is 1. The second kappa shape index (κ2) is 9.77. The van der Waals surface area contributed by atoms with Gasteiger partial charge >= 0.3 is 0 Å². The van der Waals surface area contributed by atoms with E-state index >= 15 is 0 Å². The molecule has 0 aliphatic rings. The molecule has 0 bridgehead atoms. The van der Waals surface area contributed by atoms with Crippen molar-refractivity contribution in [2.24, 2.45) is 0 Å². The van der Waals surface area contributed by atoms with Crippen molar-refractivity contribution < 1.29 is 4.79 Å². The molecule has 0 fully saturated rings. The molecule has 0 spiro atoms. The van der Waals surface area contributed by atoms with Crippen LogP contribution in [0.1, 0.15) is 54.1 Å². The Hall–Kier alpha value is -3.81. The molecule has 0 aliphatic carbocycles. The molecular weight excluding hydrogens is 416 g/mol. The van der Waals surface area contributed by atoms with Gasteiger partial charge in [0.15, 0.2) is 0 Å². The Balaban J connectivity index is 1.87. The van der Waals surface area contributed by atoms with Gasteiger partial charge < -0.3 is 9.88 Å². The zero-order chi connectivity index (χ0) is 23.4. The van der Waals surface area contributed by atoms with Crippen molar-refractivity contribution in [2.75, 3.05) is 6.54 Å². The Morgan fingerprint density at radius 2 is 2.00 bits per heavy atom. The first kappa shape index (κ1) is 22.4. The average Bonchev–Trinajstić information content (AvgIpc) is 2.82. The standard InChI is InChI=1S/C25H28N6O2/c1-3-4-5-6-12-28-24(32)19-14-20-23(29-22-17(2)9-8-13-30(22)25(20)33)31(21(19)26)16-18-10-7-11-27-15-18/h7-11,13-15,26H,3-6,12,16H2,1-2H3,(H,28,32). The molecule has 0 unspecified atom stereocenters. The van der Waals surface area contributed by atoms with Crippen LogP contribution in [0.15, 0.2) is 53.7 Å². The fourth-order valence-electron chi connectivity index (χ4n) is 3.95. The Morgan fingerprint density at radius 1 is 1.15 bits per heavy atom. The highest BCUT2D eigenvalue weighted by Gasteiger charge is 2.18. The maximum atomic E-state index is 13.4. The Kier molecular flexibility index (Phi) is 6.63. The molecule has 170 valence electrons. The van der Waals surface area contributed by atoms with E-state index in [0.717, 1.165) is 36.8 Å². The molecule has 0 radical (unpaired) electrons. The number of nitrogens with zero attached hydrogens (tertiary/aromatic N) is 4. The molecule has 0 atom stereocenters. The molecule has 2 N–H and O–H groups in total. The van der Waals surface area contributed by atoms with Gasteiger partial charge in [-0.25, -0.2) is 4.98 Å². The number of fused-ring (bicyclic) bond motifs is 2. The average molecular weight is 445 g/mol. The molecule has 1 amide bonds. The maximum absolute atomic E-state index is 13.4. The third kappa shape index (κ3) is 4.55. The number of aromatic nitrogens is 4. The van der Waals surface area contributed by atoms with Gasteiger partial charge in [0, 0.05) is 25.1 Å². The Bertz CT molecular complexity index is 1420. The first-order chi connectivity index (χ1) is 16.0. The number of carbonyl (C=O) groups is 1. The minimum atomic E-state index is -0.355. The predicted molar refractivity (Wildman–Crippen MR) is 127 cm³/mol. The SMILES string of the molecule is CCCCCCNC(=O)c1cc2c(=O)n3cccc(C)c3nc2n(Cc2cccnc2)c1=N. The lowest BCUT2D eigenvalue weighted by Crippen LogP contribution is -2.35. The van der Waals surface area contributed by atoms with Gasteiger partial charge in [0.2, 0.25) is 0 Å². The Morgan fingerprint density at radius 3 is 2.76 bits per heavy atom. The highest BCUT2D eigenvalue weighted by Crippen LogP contribution is 2.14. The molecule has 0 aliphatic heterocycles. The van der Waals surface area contributed by atoms with Gasteiger partial charge in [0.05, 0.1) is 17.5 Å². The van der Waals surface area contributed by atoms with E-state index in [1.54, 1.807) is 29.2 Å². The fourth-order valence-corrected chi connectivity index (χ4v) is 3.95. The normalized spacial score (nSPS) is 11.2. The number of amides is 1. The highest BCUT2D eigenvalue weighted by molar-refractivity contribution is 5.96. The van der Waals surface area contributed by atoms with Crippen molar-refractivity contribution in [2.45, 2.75) is 46.1 Å². The van der Waals surface area contributed by atoms with Crippen LogP contribution in [-0.4, -0.2) is 31.4 Å². The minimum absolute atomic E-state index is 0.0160. The number of unbranched alkanes of at least 4 members (excludes halogenated alkanes) is 3. The number of pyridine rings is 3. The van der Waals surface area contributed by atoms with E-state index in [9.17, 15) is 9.59 Å². The summed E-state index contributed by atoms with van der Waals surface area (Å²) in [6.07, 6.45) is 9.22. The topological polar surface area (TPSA) is 105 Å². The number of nitrogens with one attached hydrogen (secondary N) is 2. The van der Waals surface area contributed by atoms with Crippen molar-refractivity contribution in [1.82, 2.24) is 24.3 Å². The van der Waals surface area contributed by atoms with E-state index in [4.69, 9.17) is 10.4 Å². The minimum Gasteiger partial charge on any atom is -0.352 e.